The molecule has 3 rings (SSSR count). The van der Waals surface area contributed by atoms with E-state index in [1.807, 2.05) is 28.8 Å². The summed E-state index contributed by atoms with van der Waals surface area (Å²) in [6, 6.07) is 14.1. The van der Waals surface area contributed by atoms with Crippen molar-refractivity contribution in [3.63, 3.8) is 0 Å². The van der Waals surface area contributed by atoms with Crippen LogP contribution in [0.15, 0.2) is 53.7 Å². The molecule has 0 fully saturated rings. The number of aryl methyl sites for hydroxylation is 1. The quantitative estimate of drug-likeness (QED) is 0.540. The molecule has 0 radical (unpaired) electrons. The lowest BCUT2D eigenvalue weighted by molar-refractivity contribution is 0.111. The molecular weight excluding hydrogens is 268 g/mol. The Balaban J connectivity index is 1.89. The summed E-state index contributed by atoms with van der Waals surface area (Å²) in [5.74, 6) is 0.812. The van der Waals surface area contributed by atoms with Crippen molar-refractivity contribution in [3.05, 3.63) is 65.5 Å². The lowest BCUT2D eigenvalue weighted by atomic mass is 10.2. The van der Waals surface area contributed by atoms with Crippen LogP contribution in [0.25, 0.3) is 5.65 Å². The maximum atomic E-state index is 11.3. The third-order valence-corrected chi connectivity index (χ3v) is 4.15. The SMILES string of the molecule is Cc1cccc(CSc2nc3ccccn3c2C=O)c1. The van der Waals surface area contributed by atoms with Crippen molar-refractivity contribution in [3.8, 4) is 0 Å². The van der Waals surface area contributed by atoms with Gasteiger partial charge in [0.05, 0.1) is 0 Å². The van der Waals surface area contributed by atoms with Gasteiger partial charge in [0.1, 0.15) is 16.4 Å². The molecule has 0 atom stereocenters. The number of nitrogens with zero attached hydrogens (tertiary/aromatic N) is 2. The van der Waals surface area contributed by atoms with Crippen LogP contribution in [0.5, 0.6) is 0 Å². The third kappa shape index (κ3) is 2.47. The predicted molar refractivity (Wildman–Crippen MR) is 81.3 cm³/mol. The molecule has 4 heteroatoms. The maximum Gasteiger partial charge on any atom is 0.169 e. The highest BCUT2D eigenvalue weighted by Gasteiger charge is 2.11. The van der Waals surface area contributed by atoms with Gasteiger partial charge in [-0.2, -0.15) is 0 Å². The van der Waals surface area contributed by atoms with Gasteiger partial charge in [-0.25, -0.2) is 4.98 Å². The van der Waals surface area contributed by atoms with E-state index in [-0.39, 0.29) is 0 Å². The van der Waals surface area contributed by atoms with E-state index >= 15 is 0 Å². The van der Waals surface area contributed by atoms with Crippen LogP contribution in [0, 0.1) is 6.92 Å². The molecule has 0 bridgehead atoms. The van der Waals surface area contributed by atoms with Crippen molar-refractivity contribution in [2.24, 2.45) is 0 Å². The first-order chi connectivity index (χ1) is 9.78. The van der Waals surface area contributed by atoms with Crippen LogP contribution < -0.4 is 0 Å². The van der Waals surface area contributed by atoms with E-state index in [0.717, 1.165) is 22.7 Å². The van der Waals surface area contributed by atoms with Gasteiger partial charge in [0.2, 0.25) is 0 Å². The summed E-state index contributed by atoms with van der Waals surface area (Å²) in [7, 11) is 0. The molecule has 0 spiro atoms. The first-order valence-corrected chi connectivity index (χ1v) is 7.37. The third-order valence-electron chi connectivity index (χ3n) is 3.10. The van der Waals surface area contributed by atoms with Gasteiger partial charge in [-0.3, -0.25) is 9.20 Å². The minimum atomic E-state index is 0.623. The molecule has 0 amide bonds. The number of rotatable bonds is 4. The first-order valence-electron chi connectivity index (χ1n) is 6.38. The standard InChI is InChI=1S/C16H14N2OS/c1-12-5-4-6-13(9-12)11-20-16-14(10-19)18-8-3-2-7-15(18)17-16/h2-10H,11H2,1H3. The Kier molecular flexibility index (Phi) is 3.56. The van der Waals surface area contributed by atoms with Crippen LogP contribution in [-0.2, 0) is 5.75 Å². The molecule has 0 aliphatic carbocycles. The molecule has 0 saturated carbocycles. The number of thioether (sulfide) groups is 1. The van der Waals surface area contributed by atoms with Crippen molar-refractivity contribution in [1.82, 2.24) is 9.38 Å². The van der Waals surface area contributed by atoms with Crippen LogP contribution in [-0.4, -0.2) is 15.7 Å². The number of pyridine rings is 1. The van der Waals surface area contributed by atoms with E-state index in [0.29, 0.717) is 5.69 Å². The predicted octanol–water partition coefficient (Wildman–Crippen LogP) is 3.75. The summed E-state index contributed by atoms with van der Waals surface area (Å²) in [5.41, 5.74) is 3.91. The minimum Gasteiger partial charge on any atom is -0.296 e. The molecule has 0 aliphatic heterocycles. The largest absolute Gasteiger partial charge is 0.296 e. The van der Waals surface area contributed by atoms with Crippen LogP contribution >= 0.6 is 11.8 Å². The van der Waals surface area contributed by atoms with Gasteiger partial charge in [0, 0.05) is 11.9 Å². The number of fused-ring (bicyclic) bond motifs is 1. The second kappa shape index (κ2) is 5.51. The Bertz CT molecular complexity index is 764. The number of hydrogen-bond donors (Lipinski definition) is 0. The van der Waals surface area contributed by atoms with Crippen molar-refractivity contribution >= 4 is 23.7 Å². The fraction of sp³-hybridized carbons (Fsp3) is 0.125. The van der Waals surface area contributed by atoms with Gasteiger partial charge in [-0.05, 0) is 24.6 Å². The zero-order valence-corrected chi connectivity index (χ0v) is 11.9. The topological polar surface area (TPSA) is 34.4 Å². The molecule has 1 aromatic carbocycles. The average Bonchev–Trinajstić information content (AvgIpc) is 2.82. The summed E-state index contributed by atoms with van der Waals surface area (Å²) in [5, 5.41) is 0.785. The van der Waals surface area contributed by atoms with Gasteiger partial charge in [-0.15, -0.1) is 0 Å². The molecule has 0 unspecified atom stereocenters. The highest BCUT2D eigenvalue weighted by atomic mass is 32.2. The smallest absolute Gasteiger partial charge is 0.169 e. The lowest BCUT2D eigenvalue weighted by Crippen LogP contribution is -1.91. The molecule has 2 aromatic heterocycles. The Labute approximate surface area is 121 Å². The van der Waals surface area contributed by atoms with Gasteiger partial charge >= 0.3 is 0 Å². The lowest BCUT2D eigenvalue weighted by Gasteiger charge is -2.01. The Morgan fingerprint density at radius 1 is 1.25 bits per heavy atom. The normalized spacial score (nSPS) is 10.8. The Hall–Kier alpha value is -2.07. The first kappa shape index (κ1) is 12.9. The van der Waals surface area contributed by atoms with Gasteiger partial charge in [0.15, 0.2) is 6.29 Å². The van der Waals surface area contributed by atoms with Crippen LogP contribution in [0.1, 0.15) is 21.6 Å². The monoisotopic (exact) mass is 282 g/mol. The molecule has 3 aromatic rings. The fourth-order valence-corrected chi connectivity index (χ4v) is 3.10. The second-order valence-corrected chi connectivity index (χ2v) is 5.59. The van der Waals surface area contributed by atoms with Gasteiger partial charge < -0.3 is 0 Å². The van der Waals surface area contributed by atoms with Gasteiger partial charge in [0.25, 0.3) is 0 Å². The molecule has 0 aliphatic rings. The summed E-state index contributed by atoms with van der Waals surface area (Å²) in [4.78, 5) is 15.8. The second-order valence-electron chi connectivity index (χ2n) is 4.63. The van der Waals surface area contributed by atoms with E-state index in [4.69, 9.17) is 0 Å². The number of hydrogen-bond acceptors (Lipinski definition) is 3. The highest BCUT2D eigenvalue weighted by molar-refractivity contribution is 7.98. The number of carbonyl (C=O) groups is 1. The summed E-state index contributed by atoms with van der Waals surface area (Å²) in [6.07, 6.45) is 2.74. The summed E-state index contributed by atoms with van der Waals surface area (Å²) >= 11 is 1.60. The number of benzene rings is 1. The number of imidazole rings is 1. The average molecular weight is 282 g/mol. The number of aldehydes is 1. The minimum absolute atomic E-state index is 0.623. The van der Waals surface area contributed by atoms with Gasteiger partial charge in [-0.1, -0.05) is 47.7 Å². The van der Waals surface area contributed by atoms with Crippen molar-refractivity contribution < 1.29 is 4.79 Å². The van der Waals surface area contributed by atoms with Crippen molar-refractivity contribution in [1.29, 1.82) is 0 Å². The fourth-order valence-electron chi connectivity index (χ4n) is 2.16. The molecule has 100 valence electrons. The Morgan fingerprint density at radius 2 is 2.15 bits per heavy atom. The number of carbonyl (C=O) groups excluding carboxylic acids is 1. The molecule has 2 heterocycles. The molecule has 0 N–H and O–H groups in total. The van der Waals surface area contributed by atoms with E-state index in [2.05, 4.69) is 36.2 Å². The summed E-state index contributed by atoms with van der Waals surface area (Å²) < 4.78 is 1.82. The van der Waals surface area contributed by atoms with E-state index in [1.165, 1.54) is 11.1 Å². The molecule has 20 heavy (non-hydrogen) atoms. The highest BCUT2D eigenvalue weighted by Crippen LogP contribution is 2.26. The molecular formula is C16H14N2OS. The van der Waals surface area contributed by atoms with E-state index < -0.39 is 0 Å². The van der Waals surface area contributed by atoms with E-state index in [9.17, 15) is 4.79 Å². The zero-order valence-electron chi connectivity index (χ0n) is 11.1. The van der Waals surface area contributed by atoms with E-state index in [1.54, 1.807) is 11.8 Å². The Morgan fingerprint density at radius 3 is 2.95 bits per heavy atom. The molecule has 3 nitrogen and oxygen atoms in total. The van der Waals surface area contributed by atoms with Crippen LogP contribution in [0.2, 0.25) is 0 Å². The van der Waals surface area contributed by atoms with Crippen molar-refractivity contribution in [2.45, 2.75) is 17.7 Å². The maximum absolute atomic E-state index is 11.3. The molecule has 0 saturated heterocycles. The van der Waals surface area contributed by atoms with Crippen LogP contribution in [0.3, 0.4) is 0 Å². The van der Waals surface area contributed by atoms with Crippen molar-refractivity contribution in [2.75, 3.05) is 0 Å². The number of aromatic nitrogens is 2. The van der Waals surface area contributed by atoms with Crippen LogP contribution in [0.4, 0.5) is 0 Å². The zero-order chi connectivity index (χ0) is 13.9. The summed E-state index contributed by atoms with van der Waals surface area (Å²) in [6.45, 7) is 2.08.